The van der Waals surface area contributed by atoms with E-state index in [0.717, 1.165) is 5.56 Å². The van der Waals surface area contributed by atoms with Crippen LogP contribution in [0.5, 0.6) is 0 Å². The van der Waals surface area contributed by atoms with E-state index in [2.05, 4.69) is 0 Å². The number of hydrogen-bond acceptors (Lipinski definition) is 1. The summed E-state index contributed by atoms with van der Waals surface area (Å²) in [6.45, 7) is 1.51. The Hall–Kier alpha value is -1.25. The van der Waals surface area contributed by atoms with Gasteiger partial charge in [-0.05, 0) is 25.3 Å². The lowest BCUT2D eigenvalue weighted by Gasteiger charge is -2.38. The molecule has 0 atom stereocenters. The van der Waals surface area contributed by atoms with E-state index in [1.54, 1.807) is 0 Å². The molecule has 92 valence electrons. The van der Waals surface area contributed by atoms with Crippen molar-refractivity contribution in [3.05, 3.63) is 35.9 Å². The summed E-state index contributed by atoms with van der Waals surface area (Å²) in [6, 6.07) is 9.31. The summed E-state index contributed by atoms with van der Waals surface area (Å²) < 4.78 is 26.4. The third-order valence-electron chi connectivity index (χ3n) is 3.84. The van der Waals surface area contributed by atoms with Gasteiger partial charge in [0.25, 0.3) is 0 Å². The number of benzene rings is 1. The van der Waals surface area contributed by atoms with Gasteiger partial charge in [0.05, 0.1) is 5.41 Å². The number of Topliss-reactive ketones (excluding diaryl/α,β-unsaturated/α-hetero) is 1. The Morgan fingerprint density at radius 3 is 2.06 bits per heavy atom. The molecule has 1 fully saturated rings. The summed E-state index contributed by atoms with van der Waals surface area (Å²) in [5.74, 6) is -2.60. The van der Waals surface area contributed by atoms with Gasteiger partial charge in [0.15, 0.2) is 0 Å². The maximum absolute atomic E-state index is 13.2. The molecule has 0 aliphatic heterocycles. The average molecular weight is 238 g/mol. The quantitative estimate of drug-likeness (QED) is 0.767. The van der Waals surface area contributed by atoms with Crippen LogP contribution in [0.1, 0.15) is 38.2 Å². The second-order valence-corrected chi connectivity index (χ2v) is 4.86. The van der Waals surface area contributed by atoms with E-state index in [1.165, 1.54) is 6.92 Å². The third-order valence-corrected chi connectivity index (χ3v) is 3.84. The molecule has 0 N–H and O–H groups in total. The van der Waals surface area contributed by atoms with Gasteiger partial charge in [-0.2, -0.15) is 0 Å². The van der Waals surface area contributed by atoms with Crippen molar-refractivity contribution in [2.45, 2.75) is 43.9 Å². The molecule has 0 radical (unpaired) electrons. The number of carbonyl (C=O) groups excluding carboxylic acids is 1. The zero-order chi connectivity index (χ0) is 12.5. The van der Waals surface area contributed by atoms with Gasteiger partial charge in [-0.15, -0.1) is 0 Å². The van der Waals surface area contributed by atoms with Crippen molar-refractivity contribution in [1.82, 2.24) is 0 Å². The second kappa shape index (κ2) is 4.21. The van der Waals surface area contributed by atoms with E-state index in [4.69, 9.17) is 0 Å². The molecule has 3 heteroatoms. The zero-order valence-electron chi connectivity index (χ0n) is 9.88. The smallest absolute Gasteiger partial charge is 0.248 e. The fraction of sp³-hybridized carbons (Fsp3) is 0.500. The van der Waals surface area contributed by atoms with Gasteiger partial charge < -0.3 is 0 Å². The highest BCUT2D eigenvalue weighted by Gasteiger charge is 2.46. The van der Waals surface area contributed by atoms with Gasteiger partial charge in [-0.1, -0.05) is 30.3 Å². The summed E-state index contributed by atoms with van der Waals surface area (Å²) >= 11 is 0. The molecule has 0 spiro atoms. The van der Waals surface area contributed by atoms with Crippen molar-refractivity contribution in [1.29, 1.82) is 0 Å². The molecular weight excluding hydrogens is 222 g/mol. The summed E-state index contributed by atoms with van der Waals surface area (Å²) in [6.07, 6.45) is 0.113. The summed E-state index contributed by atoms with van der Waals surface area (Å²) in [5, 5.41) is 0. The molecule has 1 nitrogen and oxygen atoms in total. The van der Waals surface area contributed by atoms with Crippen molar-refractivity contribution in [3.8, 4) is 0 Å². The van der Waals surface area contributed by atoms with Crippen LogP contribution in [0.15, 0.2) is 30.3 Å². The van der Waals surface area contributed by atoms with Gasteiger partial charge in [-0.3, -0.25) is 4.79 Å². The predicted molar refractivity (Wildman–Crippen MR) is 62.2 cm³/mol. The van der Waals surface area contributed by atoms with Crippen LogP contribution in [0.2, 0.25) is 0 Å². The molecule has 0 saturated heterocycles. The molecule has 1 aliphatic carbocycles. The van der Waals surface area contributed by atoms with E-state index in [-0.39, 0.29) is 31.5 Å². The highest BCUT2D eigenvalue weighted by molar-refractivity contribution is 5.88. The molecule has 0 aromatic heterocycles. The SMILES string of the molecule is CC(=O)C1(c2ccccc2)CCC(F)(F)CC1. The normalized spacial score (nSPS) is 22.1. The van der Waals surface area contributed by atoms with Crippen LogP contribution in [-0.2, 0) is 10.2 Å². The highest BCUT2D eigenvalue weighted by Crippen LogP contribution is 2.45. The average Bonchev–Trinajstić information content (AvgIpc) is 2.30. The first-order valence-corrected chi connectivity index (χ1v) is 5.91. The molecule has 2 rings (SSSR count). The fourth-order valence-corrected chi connectivity index (χ4v) is 2.64. The van der Waals surface area contributed by atoms with Crippen molar-refractivity contribution in [2.75, 3.05) is 0 Å². The number of halogens is 2. The maximum atomic E-state index is 13.2. The lowest BCUT2D eigenvalue weighted by atomic mass is 9.66. The Bertz CT molecular complexity index is 401. The van der Waals surface area contributed by atoms with Crippen molar-refractivity contribution < 1.29 is 13.6 Å². The lowest BCUT2D eigenvalue weighted by Crippen LogP contribution is -2.41. The molecule has 1 aromatic rings. The molecule has 1 aromatic carbocycles. The van der Waals surface area contributed by atoms with Crippen LogP contribution < -0.4 is 0 Å². The Balaban J connectivity index is 2.33. The molecule has 0 bridgehead atoms. The van der Waals surface area contributed by atoms with E-state index in [1.807, 2.05) is 30.3 Å². The van der Waals surface area contributed by atoms with Gasteiger partial charge in [0.1, 0.15) is 5.78 Å². The minimum absolute atomic E-state index is 0.000741. The number of carbonyl (C=O) groups is 1. The molecule has 0 unspecified atom stereocenters. The zero-order valence-corrected chi connectivity index (χ0v) is 9.88. The van der Waals surface area contributed by atoms with Crippen LogP contribution in [0.3, 0.4) is 0 Å². The standard InChI is InChI=1S/C14H16F2O/c1-11(17)13(12-5-3-2-4-6-12)7-9-14(15,16)10-8-13/h2-6H,7-10H2,1H3. The fourth-order valence-electron chi connectivity index (χ4n) is 2.64. The van der Waals surface area contributed by atoms with Crippen LogP contribution in [0, 0.1) is 0 Å². The Labute approximate surface area is 99.8 Å². The Kier molecular flexibility index (Phi) is 3.02. The maximum Gasteiger partial charge on any atom is 0.248 e. The highest BCUT2D eigenvalue weighted by atomic mass is 19.3. The first-order chi connectivity index (χ1) is 7.96. The molecular formula is C14H16F2O. The van der Waals surface area contributed by atoms with Crippen LogP contribution in [0.25, 0.3) is 0 Å². The van der Waals surface area contributed by atoms with Crippen molar-refractivity contribution in [2.24, 2.45) is 0 Å². The first-order valence-electron chi connectivity index (χ1n) is 5.91. The van der Waals surface area contributed by atoms with Gasteiger partial charge in [0.2, 0.25) is 5.92 Å². The minimum Gasteiger partial charge on any atom is -0.299 e. The van der Waals surface area contributed by atoms with Crippen LogP contribution in [0.4, 0.5) is 8.78 Å². The topological polar surface area (TPSA) is 17.1 Å². The largest absolute Gasteiger partial charge is 0.299 e. The summed E-state index contributed by atoms with van der Waals surface area (Å²) in [7, 11) is 0. The van der Waals surface area contributed by atoms with Gasteiger partial charge in [0, 0.05) is 12.8 Å². The minimum atomic E-state index is -2.60. The number of alkyl halides is 2. The van der Waals surface area contributed by atoms with E-state index < -0.39 is 11.3 Å². The number of ketones is 1. The van der Waals surface area contributed by atoms with Crippen LogP contribution in [-0.4, -0.2) is 11.7 Å². The first kappa shape index (κ1) is 12.2. The second-order valence-electron chi connectivity index (χ2n) is 4.86. The van der Waals surface area contributed by atoms with E-state index >= 15 is 0 Å². The molecule has 0 amide bonds. The Morgan fingerprint density at radius 2 is 1.59 bits per heavy atom. The van der Waals surface area contributed by atoms with Gasteiger partial charge >= 0.3 is 0 Å². The van der Waals surface area contributed by atoms with E-state index in [0.29, 0.717) is 0 Å². The van der Waals surface area contributed by atoms with Crippen molar-refractivity contribution in [3.63, 3.8) is 0 Å². The number of hydrogen-bond donors (Lipinski definition) is 0. The lowest BCUT2D eigenvalue weighted by molar-refractivity contribution is -0.127. The third kappa shape index (κ3) is 2.24. The van der Waals surface area contributed by atoms with E-state index in [9.17, 15) is 13.6 Å². The summed E-state index contributed by atoms with van der Waals surface area (Å²) in [5.41, 5.74) is 0.186. The summed E-state index contributed by atoms with van der Waals surface area (Å²) in [4.78, 5) is 11.9. The predicted octanol–water partition coefficient (Wildman–Crippen LogP) is 3.72. The molecule has 17 heavy (non-hydrogen) atoms. The molecule has 1 aliphatic rings. The monoisotopic (exact) mass is 238 g/mol. The molecule has 0 heterocycles. The van der Waals surface area contributed by atoms with Gasteiger partial charge in [-0.25, -0.2) is 8.78 Å². The van der Waals surface area contributed by atoms with Crippen molar-refractivity contribution >= 4 is 5.78 Å². The number of rotatable bonds is 2. The van der Waals surface area contributed by atoms with Crippen LogP contribution >= 0.6 is 0 Å². The molecule has 1 saturated carbocycles. The Morgan fingerprint density at radius 1 is 1.06 bits per heavy atom.